The molecule has 0 atom stereocenters. The minimum atomic E-state index is -1.12. The van der Waals surface area contributed by atoms with E-state index in [1.807, 2.05) is 55.5 Å². The summed E-state index contributed by atoms with van der Waals surface area (Å²) >= 11 is 6.42. The van der Waals surface area contributed by atoms with Crippen LogP contribution in [-0.2, 0) is 35.8 Å². The maximum Gasteiger partial charge on any atom is 0.519 e. The number of ether oxygens (including phenoxy) is 1. The Balaban J connectivity index is 1.38. The Morgan fingerprint density at radius 1 is 1.09 bits per heavy atom. The molecule has 43 heavy (non-hydrogen) atoms. The van der Waals surface area contributed by atoms with Crippen LogP contribution in [-0.4, -0.2) is 41.2 Å². The van der Waals surface area contributed by atoms with Gasteiger partial charge in [0.05, 0.1) is 0 Å². The van der Waals surface area contributed by atoms with Crippen molar-refractivity contribution in [1.82, 2.24) is 30.2 Å². The Bertz CT molecular complexity index is 1780. The SMILES string of the molecule is CCCCc1nc(Cl)c(C(=O)OCc2oc(=O)oc2CO[N+](=O)[O-])n1Cc1ccc(-c2ccccc2-c2nn[nH]n2)cc1. The minimum Gasteiger partial charge on any atom is -0.453 e. The number of aromatic amines is 1. The molecule has 0 fully saturated rings. The van der Waals surface area contributed by atoms with Crippen LogP contribution < -0.4 is 5.82 Å². The number of carbonyl (C=O) groups excluding carboxylic acids is 1. The molecule has 0 bridgehead atoms. The largest absolute Gasteiger partial charge is 0.519 e. The summed E-state index contributed by atoms with van der Waals surface area (Å²) < 4.78 is 16.6. The molecule has 5 rings (SSSR count). The first-order valence-corrected chi connectivity index (χ1v) is 13.4. The fraction of sp³-hybridized carbons (Fsp3) is 0.259. The Labute approximate surface area is 247 Å². The number of benzene rings is 2. The van der Waals surface area contributed by atoms with Crippen molar-refractivity contribution in [3.63, 3.8) is 0 Å². The third-order valence-corrected chi connectivity index (χ3v) is 6.69. The summed E-state index contributed by atoms with van der Waals surface area (Å²) in [5, 5.41) is 23.7. The highest BCUT2D eigenvalue weighted by Gasteiger charge is 2.25. The van der Waals surface area contributed by atoms with Crippen molar-refractivity contribution >= 4 is 17.6 Å². The van der Waals surface area contributed by atoms with Crippen LogP contribution in [0.25, 0.3) is 22.5 Å². The van der Waals surface area contributed by atoms with E-state index in [1.165, 1.54) is 0 Å². The summed E-state index contributed by atoms with van der Waals surface area (Å²) in [5.41, 5.74) is 3.54. The number of nitrogens with one attached hydrogen (secondary N) is 1. The first kappa shape index (κ1) is 29.2. The predicted molar refractivity (Wildman–Crippen MR) is 148 cm³/mol. The van der Waals surface area contributed by atoms with Gasteiger partial charge >= 0.3 is 11.8 Å². The summed E-state index contributed by atoms with van der Waals surface area (Å²) in [7, 11) is 0. The number of nitrogens with zero attached hydrogens (tertiary/aromatic N) is 6. The number of aromatic nitrogens is 6. The number of imidazole rings is 1. The van der Waals surface area contributed by atoms with Crippen molar-refractivity contribution in [3.8, 4) is 22.5 Å². The summed E-state index contributed by atoms with van der Waals surface area (Å²) in [6.45, 7) is 1.05. The van der Waals surface area contributed by atoms with Crippen LogP contribution in [0.4, 0.5) is 0 Å². The van der Waals surface area contributed by atoms with E-state index in [9.17, 15) is 19.7 Å². The van der Waals surface area contributed by atoms with Gasteiger partial charge in [-0.3, -0.25) is 0 Å². The number of H-pyrrole nitrogens is 1. The molecule has 0 spiro atoms. The van der Waals surface area contributed by atoms with Gasteiger partial charge in [0, 0.05) is 18.5 Å². The van der Waals surface area contributed by atoms with E-state index in [0.29, 0.717) is 18.1 Å². The smallest absolute Gasteiger partial charge is 0.453 e. The predicted octanol–water partition coefficient (Wildman–Crippen LogP) is 4.39. The summed E-state index contributed by atoms with van der Waals surface area (Å²) in [6.07, 6.45) is 2.28. The van der Waals surface area contributed by atoms with Crippen LogP contribution in [0.3, 0.4) is 0 Å². The Morgan fingerprint density at radius 2 is 1.81 bits per heavy atom. The molecule has 0 aliphatic rings. The van der Waals surface area contributed by atoms with Gasteiger partial charge in [0.15, 0.2) is 35.6 Å². The summed E-state index contributed by atoms with van der Waals surface area (Å²) in [4.78, 5) is 43.9. The van der Waals surface area contributed by atoms with Crippen molar-refractivity contribution in [1.29, 1.82) is 0 Å². The molecule has 1 N–H and O–H groups in total. The number of tetrazole rings is 1. The number of halogens is 1. The molecular weight excluding hydrogens is 586 g/mol. The van der Waals surface area contributed by atoms with Crippen molar-refractivity contribution in [3.05, 3.63) is 103 Å². The van der Waals surface area contributed by atoms with E-state index in [4.69, 9.17) is 25.2 Å². The molecule has 15 nitrogen and oxygen atoms in total. The maximum atomic E-state index is 13.2. The van der Waals surface area contributed by atoms with Gasteiger partial charge in [-0.15, -0.1) is 20.3 Å². The van der Waals surface area contributed by atoms with Crippen LogP contribution in [0.5, 0.6) is 0 Å². The number of carbonyl (C=O) groups is 1. The number of hydrogen-bond donors (Lipinski definition) is 1. The Kier molecular flexibility index (Phi) is 8.90. The van der Waals surface area contributed by atoms with E-state index < -0.39 is 30.1 Å². The van der Waals surface area contributed by atoms with Gasteiger partial charge in [-0.25, -0.2) is 14.6 Å². The number of rotatable bonds is 13. The standard InChI is InChI=1S/C27H24ClN7O8/c1-2-3-8-22-29-24(28)23(26(36)40-14-20-21(15-41-35(38)39)43-27(37)42-20)34(22)13-16-9-11-17(12-10-16)18-6-4-5-7-19(18)25-30-32-33-31-25/h4-7,9-12H,2-3,8,13-15H2,1H3,(H,30,31,32,33). The fourth-order valence-corrected chi connectivity index (χ4v) is 4.68. The van der Waals surface area contributed by atoms with E-state index >= 15 is 0 Å². The lowest BCUT2D eigenvalue weighted by Crippen LogP contribution is -2.16. The van der Waals surface area contributed by atoms with Crippen molar-refractivity contribution in [2.75, 3.05) is 0 Å². The van der Waals surface area contributed by atoms with E-state index in [-0.39, 0.29) is 28.9 Å². The monoisotopic (exact) mass is 609 g/mol. The fourth-order valence-electron chi connectivity index (χ4n) is 4.40. The molecule has 16 heteroatoms. The van der Waals surface area contributed by atoms with Crippen LogP contribution in [0.2, 0.25) is 5.15 Å². The van der Waals surface area contributed by atoms with E-state index in [2.05, 4.69) is 30.4 Å². The molecule has 0 amide bonds. The zero-order chi connectivity index (χ0) is 30.3. The number of unbranched alkanes of at least 4 members (excludes halogenated alkanes) is 1. The summed E-state index contributed by atoms with van der Waals surface area (Å²) in [5.74, 6) is -1.40. The number of hydrogen-bond acceptors (Lipinski definition) is 12. The zero-order valence-corrected chi connectivity index (χ0v) is 23.4. The number of aryl methyl sites for hydroxylation is 1. The molecule has 0 saturated heterocycles. The highest BCUT2D eigenvalue weighted by Crippen LogP contribution is 2.30. The molecule has 3 aromatic heterocycles. The second kappa shape index (κ2) is 13.1. The molecule has 0 unspecified atom stereocenters. The third-order valence-electron chi connectivity index (χ3n) is 6.43. The van der Waals surface area contributed by atoms with Crippen LogP contribution >= 0.6 is 11.6 Å². The number of esters is 1. The van der Waals surface area contributed by atoms with Crippen LogP contribution in [0.1, 0.15) is 53.2 Å². The molecule has 3 heterocycles. The first-order chi connectivity index (χ1) is 20.8. The van der Waals surface area contributed by atoms with Gasteiger partial charge in [0.25, 0.3) is 5.09 Å². The first-order valence-electron chi connectivity index (χ1n) is 13.1. The van der Waals surface area contributed by atoms with E-state index in [0.717, 1.165) is 35.1 Å². The zero-order valence-electron chi connectivity index (χ0n) is 22.7. The molecule has 2 aromatic carbocycles. The molecule has 0 aliphatic heterocycles. The quantitative estimate of drug-likeness (QED) is 0.112. The summed E-state index contributed by atoms with van der Waals surface area (Å²) in [6, 6.07) is 15.4. The third kappa shape index (κ3) is 6.78. The highest BCUT2D eigenvalue weighted by molar-refractivity contribution is 6.32. The molecule has 5 aromatic rings. The normalized spacial score (nSPS) is 11.0. The van der Waals surface area contributed by atoms with Crippen molar-refractivity contribution in [2.24, 2.45) is 0 Å². The Morgan fingerprint density at radius 3 is 2.49 bits per heavy atom. The molecule has 0 aliphatic carbocycles. The van der Waals surface area contributed by atoms with E-state index in [1.54, 1.807) is 4.57 Å². The minimum absolute atomic E-state index is 0.00762. The molecule has 222 valence electrons. The van der Waals surface area contributed by atoms with Gasteiger partial charge in [-0.1, -0.05) is 73.5 Å². The molecular formula is C27H24ClN7O8. The lowest BCUT2D eigenvalue weighted by molar-refractivity contribution is -0.763. The molecule has 0 radical (unpaired) electrons. The van der Waals surface area contributed by atoms with Crippen LogP contribution in [0.15, 0.2) is 62.2 Å². The maximum absolute atomic E-state index is 13.2. The van der Waals surface area contributed by atoms with Gasteiger partial charge < -0.3 is 23.0 Å². The second-order valence-corrected chi connectivity index (χ2v) is 9.57. The van der Waals surface area contributed by atoms with Crippen LogP contribution in [0, 0.1) is 10.1 Å². The topological polar surface area (TPSA) is 194 Å². The van der Waals surface area contributed by atoms with Gasteiger partial charge in [-0.05, 0) is 28.3 Å². The highest BCUT2D eigenvalue weighted by atomic mass is 35.5. The van der Waals surface area contributed by atoms with Gasteiger partial charge in [0.1, 0.15) is 5.82 Å². The second-order valence-electron chi connectivity index (χ2n) is 9.21. The lowest BCUT2D eigenvalue weighted by atomic mass is 9.98. The van der Waals surface area contributed by atoms with Gasteiger partial charge in [0.2, 0.25) is 5.82 Å². The molecule has 0 saturated carbocycles. The van der Waals surface area contributed by atoms with Crippen molar-refractivity contribution in [2.45, 2.75) is 45.9 Å². The Hall–Kier alpha value is -5.31. The van der Waals surface area contributed by atoms with Gasteiger partial charge in [-0.2, -0.15) is 5.21 Å². The average molecular weight is 610 g/mol. The lowest BCUT2D eigenvalue weighted by Gasteiger charge is -2.13. The average Bonchev–Trinajstić information content (AvgIpc) is 3.73. The van der Waals surface area contributed by atoms with Crippen molar-refractivity contribution < 1.29 is 28.3 Å².